The van der Waals surface area contributed by atoms with Crippen LogP contribution in [0.1, 0.15) is 0 Å². The second-order valence-corrected chi connectivity index (χ2v) is 10.5. The lowest BCUT2D eigenvalue weighted by Gasteiger charge is -2.11. The van der Waals surface area contributed by atoms with Gasteiger partial charge in [0.05, 0.1) is 11.0 Å². The van der Waals surface area contributed by atoms with Crippen LogP contribution in [0.3, 0.4) is 0 Å². The molecule has 0 bridgehead atoms. The van der Waals surface area contributed by atoms with Gasteiger partial charge in [0.15, 0.2) is 17.5 Å². The van der Waals surface area contributed by atoms with Gasteiger partial charge in [0.25, 0.3) is 0 Å². The topological polar surface area (TPSA) is 43.6 Å². The van der Waals surface area contributed by atoms with Gasteiger partial charge in [-0.2, -0.15) is 0 Å². The van der Waals surface area contributed by atoms with E-state index < -0.39 is 0 Å². The molecule has 0 atom stereocenters. The summed E-state index contributed by atoms with van der Waals surface area (Å²) in [6.07, 6.45) is 0. The molecule has 43 heavy (non-hydrogen) atoms. The summed E-state index contributed by atoms with van der Waals surface area (Å²) in [5.74, 6) is 1.94. The van der Waals surface area contributed by atoms with Crippen LogP contribution < -0.4 is 0 Å². The highest BCUT2D eigenvalue weighted by Gasteiger charge is 2.14. The average Bonchev–Trinajstić information content (AvgIpc) is 3.43. The third-order valence-corrected chi connectivity index (χ3v) is 7.88. The van der Waals surface area contributed by atoms with Crippen molar-refractivity contribution in [2.45, 2.75) is 0 Å². The zero-order valence-corrected chi connectivity index (χ0v) is 23.3. The Bertz CT molecular complexity index is 2150. The Hall–Kier alpha value is -5.87. The number of hydrogen-bond donors (Lipinski definition) is 0. The van der Waals surface area contributed by atoms with Crippen molar-refractivity contribution in [2.75, 3.05) is 0 Å². The van der Waals surface area contributed by atoms with E-state index in [1.165, 1.54) is 27.4 Å². The molecule has 0 unspecified atom stereocenters. The summed E-state index contributed by atoms with van der Waals surface area (Å²) in [5.41, 5.74) is 8.63. The third kappa shape index (κ3) is 4.55. The molecule has 6 aromatic carbocycles. The van der Waals surface area contributed by atoms with E-state index in [-0.39, 0.29) is 0 Å². The fourth-order valence-electron chi connectivity index (χ4n) is 5.75. The molecular formula is C39H26N4. The van der Waals surface area contributed by atoms with E-state index in [9.17, 15) is 0 Å². The van der Waals surface area contributed by atoms with Gasteiger partial charge in [-0.3, -0.25) is 0 Å². The Morgan fingerprint density at radius 3 is 1.16 bits per heavy atom. The number of benzene rings is 6. The first-order valence-corrected chi connectivity index (χ1v) is 14.4. The quantitative estimate of drug-likeness (QED) is 0.214. The summed E-state index contributed by atoms with van der Waals surface area (Å²) < 4.78 is 2.32. The zero-order chi connectivity index (χ0) is 28.6. The lowest BCUT2D eigenvalue weighted by molar-refractivity contribution is 1.07. The SMILES string of the molecule is c1ccc(-c2ccc(-c3nc(-c4ccccc4)nc(-c4ccc(-n5c6ccccc6c6ccccc65)cc4)n3)cc2)cc1. The maximum Gasteiger partial charge on any atom is 0.164 e. The highest BCUT2D eigenvalue weighted by atomic mass is 15.0. The molecule has 8 rings (SSSR count). The standard InChI is InChI=1S/C39H26N4/c1-3-11-27(12-4-1)28-19-21-30(22-20-28)38-40-37(29-13-5-2-6-14-29)41-39(42-38)31-23-25-32(26-24-31)43-35-17-9-7-15-33(35)34-16-8-10-18-36(34)43/h1-26H. The number of hydrogen-bond acceptors (Lipinski definition) is 3. The van der Waals surface area contributed by atoms with Gasteiger partial charge in [0, 0.05) is 33.2 Å². The van der Waals surface area contributed by atoms with Crippen molar-refractivity contribution in [3.05, 3.63) is 158 Å². The number of para-hydroxylation sites is 2. The molecule has 0 aliphatic rings. The van der Waals surface area contributed by atoms with Crippen molar-refractivity contribution >= 4 is 21.8 Å². The third-order valence-electron chi connectivity index (χ3n) is 7.88. The summed E-state index contributed by atoms with van der Waals surface area (Å²) in [6.45, 7) is 0. The Morgan fingerprint density at radius 1 is 0.302 bits per heavy atom. The molecule has 4 heteroatoms. The predicted octanol–water partition coefficient (Wildman–Crippen LogP) is 9.64. The summed E-state index contributed by atoms with van der Waals surface area (Å²) in [7, 11) is 0. The second kappa shape index (κ2) is 10.5. The normalized spacial score (nSPS) is 11.3. The first kappa shape index (κ1) is 24.9. The molecule has 0 aliphatic carbocycles. The van der Waals surface area contributed by atoms with Gasteiger partial charge in [-0.25, -0.2) is 15.0 Å². The molecule has 4 nitrogen and oxygen atoms in total. The molecule has 0 N–H and O–H groups in total. The van der Waals surface area contributed by atoms with E-state index in [0.717, 1.165) is 27.9 Å². The molecule has 0 radical (unpaired) electrons. The van der Waals surface area contributed by atoms with Crippen molar-refractivity contribution in [3.63, 3.8) is 0 Å². The van der Waals surface area contributed by atoms with E-state index in [2.05, 4.69) is 126 Å². The maximum absolute atomic E-state index is 4.97. The number of nitrogens with zero attached hydrogens (tertiary/aromatic N) is 4. The van der Waals surface area contributed by atoms with Gasteiger partial charge in [-0.15, -0.1) is 0 Å². The molecular weight excluding hydrogens is 524 g/mol. The van der Waals surface area contributed by atoms with Crippen molar-refractivity contribution in [3.8, 4) is 51.0 Å². The minimum absolute atomic E-state index is 0.643. The maximum atomic E-state index is 4.97. The Morgan fingerprint density at radius 2 is 0.651 bits per heavy atom. The molecule has 2 heterocycles. The van der Waals surface area contributed by atoms with Gasteiger partial charge in [-0.1, -0.05) is 121 Å². The number of aromatic nitrogens is 4. The fraction of sp³-hybridized carbons (Fsp3) is 0. The van der Waals surface area contributed by atoms with E-state index in [4.69, 9.17) is 15.0 Å². The summed E-state index contributed by atoms with van der Waals surface area (Å²) in [4.78, 5) is 14.8. The van der Waals surface area contributed by atoms with Crippen LogP contribution in [0.4, 0.5) is 0 Å². The Kier molecular flexibility index (Phi) is 6.08. The van der Waals surface area contributed by atoms with Gasteiger partial charge in [0.2, 0.25) is 0 Å². The lowest BCUT2D eigenvalue weighted by Crippen LogP contribution is -2.00. The van der Waals surface area contributed by atoms with Gasteiger partial charge < -0.3 is 4.57 Å². The Balaban J connectivity index is 1.22. The van der Waals surface area contributed by atoms with Crippen LogP contribution in [-0.2, 0) is 0 Å². The first-order chi connectivity index (χ1) is 21.3. The van der Waals surface area contributed by atoms with Crippen molar-refractivity contribution in [1.82, 2.24) is 19.5 Å². The summed E-state index contributed by atoms with van der Waals surface area (Å²) in [6, 6.07) is 54.5. The summed E-state index contributed by atoms with van der Waals surface area (Å²) >= 11 is 0. The van der Waals surface area contributed by atoms with E-state index in [1.54, 1.807) is 0 Å². The zero-order valence-electron chi connectivity index (χ0n) is 23.3. The van der Waals surface area contributed by atoms with Crippen molar-refractivity contribution < 1.29 is 0 Å². The van der Waals surface area contributed by atoms with Crippen LogP contribution in [0.25, 0.3) is 72.8 Å². The largest absolute Gasteiger partial charge is 0.309 e. The van der Waals surface area contributed by atoms with E-state index in [0.29, 0.717) is 17.5 Å². The lowest BCUT2D eigenvalue weighted by atomic mass is 10.0. The molecule has 0 spiro atoms. The highest BCUT2D eigenvalue weighted by molar-refractivity contribution is 6.09. The number of fused-ring (bicyclic) bond motifs is 3. The predicted molar refractivity (Wildman–Crippen MR) is 176 cm³/mol. The smallest absolute Gasteiger partial charge is 0.164 e. The van der Waals surface area contributed by atoms with Crippen LogP contribution in [0.15, 0.2) is 158 Å². The van der Waals surface area contributed by atoms with Crippen LogP contribution in [0, 0.1) is 0 Å². The van der Waals surface area contributed by atoms with Crippen LogP contribution >= 0.6 is 0 Å². The minimum Gasteiger partial charge on any atom is -0.309 e. The molecule has 0 saturated carbocycles. The van der Waals surface area contributed by atoms with E-state index in [1.807, 2.05) is 36.4 Å². The molecule has 8 aromatic rings. The van der Waals surface area contributed by atoms with Crippen LogP contribution in [-0.4, -0.2) is 19.5 Å². The molecule has 0 aliphatic heterocycles. The average molecular weight is 551 g/mol. The van der Waals surface area contributed by atoms with E-state index >= 15 is 0 Å². The molecule has 202 valence electrons. The summed E-state index contributed by atoms with van der Waals surface area (Å²) in [5, 5.41) is 2.49. The van der Waals surface area contributed by atoms with Gasteiger partial charge >= 0.3 is 0 Å². The Labute approximate surface area is 249 Å². The highest BCUT2D eigenvalue weighted by Crippen LogP contribution is 2.33. The number of rotatable bonds is 5. The van der Waals surface area contributed by atoms with Gasteiger partial charge in [-0.05, 0) is 47.5 Å². The van der Waals surface area contributed by atoms with Crippen LogP contribution in [0.2, 0.25) is 0 Å². The second-order valence-electron chi connectivity index (χ2n) is 10.5. The van der Waals surface area contributed by atoms with Crippen molar-refractivity contribution in [2.24, 2.45) is 0 Å². The first-order valence-electron chi connectivity index (χ1n) is 14.4. The minimum atomic E-state index is 0.643. The monoisotopic (exact) mass is 550 g/mol. The molecule has 0 fully saturated rings. The van der Waals surface area contributed by atoms with Crippen LogP contribution in [0.5, 0.6) is 0 Å². The molecule has 0 amide bonds. The molecule has 0 saturated heterocycles. The fourth-order valence-corrected chi connectivity index (χ4v) is 5.75. The van der Waals surface area contributed by atoms with Gasteiger partial charge in [0.1, 0.15) is 0 Å². The van der Waals surface area contributed by atoms with Crippen molar-refractivity contribution in [1.29, 1.82) is 0 Å². The molecule has 2 aromatic heterocycles.